The van der Waals surface area contributed by atoms with Gasteiger partial charge in [-0.25, -0.2) is 0 Å². The van der Waals surface area contributed by atoms with Crippen LogP contribution >= 0.6 is 23.2 Å². The quantitative estimate of drug-likeness (QED) is 0.928. The Bertz CT molecular complexity index is 444. The summed E-state index contributed by atoms with van der Waals surface area (Å²) in [6.07, 6.45) is 0.0867. The number of phenolic OH excluding ortho intramolecular Hbond substituents is 1. The fraction of sp³-hybridized carbons (Fsp3) is 0.538. The van der Waals surface area contributed by atoms with Crippen molar-refractivity contribution in [1.29, 1.82) is 0 Å². The van der Waals surface area contributed by atoms with E-state index < -0.39 is 0 Å². The predicted octanol–water partition coefficient (Wildman–Crippen LogP) is 2.54. The van der Waals surface area contributed by atoms with Crippen molar-refractivity contribution in [3.63, 3.8) is 0 Å². The van der Waals surface area contributed by atoms with Crippen LogP contribution < -0.4 is 0 Å². The average molecular weight is 306 g/mol. The minimum absolute atomic E-state index is 0.0433. The standard InChI is InChI=1S/C13H17Cl2NO3/c1-18-11-6-16(7-12(11)19-2)5-8-3-9(14)4-10(15)13(8)17/h3-4,11-12,17H,5-7H2,1-2H3. The van der Waals surface area contributed by atoms with Crippen LogP contribution in [0, 0.1) is 0 Å². The average Bonchev–Trinajstić information content (AvgIpc) is 2.77. The van der Waals surface area contributed by atoms with Gasteiger partial charge in [0.25, 0.3) is 0 Å². The number of aromatic hydroxyl groups is 1. The fourth-order valence-corrected chi connectivity index (χ4v) is 2.92. The van der Waals surface area contributed by atoms with E-state index >= 15 is 0 Å². The molecule has 6 heteroatoms. The number of methoxy groups -OCH3 is 2. The molecule has 0 radical (unpaired) electrons. The zero-order chi connectivity index (χ0) is 14.0. The second-order valence-electron chi connectivity index (χ2n) is 4.64. The monoisotopic (exact) mass is 305 g/mol. The summed E-state index contributed by atoms with van der Waals surface area (Å²) in [4.78, 5) is 2.14. The molecule has 0 saturated carbocycles. The maximum absolute atomic E-state index is 9.95. The van der Waals surface area contributed by atoms with Gasteiger partial charge in [0, 0.05) is 44.4 Å². The van der Waals surface area contributed by atoms with Crippen molar-refractivity contribution in [3.05, 3.63) is 27.7 Å². The summed E-state index contributed by atoms with van der Waals surface area (Å²) in [6, 6.07) is 3.26. The van der Waals surface area contributed by atoms with Crippen LogP contribution in [-0.4, -0.2) is 49.5 Å². The summed E-state index contributed by atoms with van der Waals surface area (Å²) >= 11 is 11.9. The van der Waals surface area contributed by atoms with Gasteiger partial charge in [0.05, 0.1) is 17.2 Å². The highest BCUT2D eigenvalue weighted by Gasteiger charge is 2.33. The third kappa shape index (κ3) is 3.33. The maximum atomic E-state index is 9.95. The van der Waals surface area contributed by atoms with Gasteiger partial charge in [-0.05, 0) is 12.1 Å². The minimum Gasteiger partial charge on any atom is -0.506 e. The van der Waals surface area contributed by atoms with Crippen molar-refractivity contribution in [2.45, 2.75) is 18.8 Å². The van der Waals surface area contributed by atoms with Crippen LogP contribution in [0.5, 0.6) is 5.75 Å². The van der Waals surface area contributed by atoms with Crippen LogP contribution in [0.2, 0.25) is 10.0 Å². The summed E-state index contributed by atoms with van der Waals surface area (Å²) in [5, 5.41) is 10.7. The molecule has 1 heterocycles. The molecule has 2 atom stereocenters. The third-order valence-corrected chi connectivity index (χ3v) is 3.90. The lowest BCUT2D eigenvalue weighted by Crippen LogP contribution is -2.27. The maximum Gasteiger partial charge on any atom is 0.138 e. The van der Waals surface area contributed by atoms with E-state index in [1.54, 1.807) is 20.3 Å². The summed E-state index contributed by atoms with van der Waals surface area (Å²) < 4.78 is 10.8. The molecule has 2 rings (SSSR count). The Morgan fingerprint density at radius 3 is 2.32 bits per heavy atom. The second-order valence-corrected chi connectivity index (χ2v) is 5.48. The highest BCUT2D eigenvalue weighted by molar-refractivity contribution is 6.35. The number of nitrogens with zero attached hydrogens (tertiary/aromatic N) is 1. The molecule has 106 valence electrons. The van der Waals surface area contributed by atoms with E-state index in [1.807, 2.05) is 0 Å². The molecule has 0 bridgehead atoms. The topological polar surface area (TPSA) is 41.9 Å². The van der Waals surface area contributed by atoms with Crippen LogP contribution in [-0.2, 0) is 16.0 Å². The van der Waals surface area contributed by atoms with Gasteiger partial charge in [-0.2, -0.15) is 0 Å². The molecule has 1 aliphatic heterocycles. The first-order chi connectivity index (χ1) is 9.05. The number of ether oxygens (including phenoxy) is 2. The Balaban J connectivity index is 2.10. The van der Waals surface area contributed by atoms with E-state index in [-0.39, 0.29) is 23.0 Å². The van der Waals surface area contributed by atoms with Crippen LogP contribution in [0.1, 0.15) is 5.56 Å². The first kappa shape index (κ1) is 14.9. The Labute approximate surface area is 122 Å². The molecule has 0 aliphatic carbocycles. The van der Waals surface area contributed by atoms with E-state index in [0.717, 1.165) is 13.1 Å². The number of halogens is 2. The highest BCUT2D eigenvalue weighted by atomic mass is 35.5. The first-order valence-corrected chi connectivity index (χ1v) is 6.75. The molecule has 0 amide bonds. The van der Waals surface area contributed by atoms with E-state index in [0.29, 0.717) is 17.1 Å². The largest absolute Gasteiger partial charge is 0.506 e. The van der Waals surface area contributed by atoms with Crippen molar-refractivity contribution < 1.29 is 14.6 Å². The highest BCUT2D eigenvalue weighted by Crippen LogP contribution is 2.32. The molecule has 1 aromatic rings. The number of phenols is 1. The van der Waals surface area contributed by atoms with Crippen molar-refractivity contribution in [2.75, 3.05) is 27.3 Å². The van der Waals surface area contributed by atoms with Crippen molar-refractivity contribution in [3.8, 4) is 5.75 Å². The van der Waals surface area contributed by atoms with Gasteiger partial charge in [-0.15, -0.1) is 0 Å². The van der Waals surface area contributed by atoms with Gasteiger partial charge in [-0.3, -0.25) is 4.90 Å². The SMILES string of the molecule is COC1CN(Cc2cc(Cl)cc(Cl)c2O)CC1OC. The number of likely N-dealkylation sites (tertiary alicyclic amines) is 1. The Hall–Kier alpha value is -0.520. The zero-order valence-corrected chi connectivity index (χ0v) is 12.4. The van der Waals surface area contributed by atoms with Crippen molar-refractivity contribution in [1.82, 2.24) is 4.90 Å². The summed E-state index contributed by atoms with van der Waals surface area (Å²) in [6.45, 7) is 2.06. The van der Waals surface area contributed by atoms with Crippen LogP contribution in [0.25, 0.3) is 0 Å². The molecule has 1 fully saturated rings. The van der Waals surface area contributed by atoms with E-state index in [2.05, 4.69) is 4.90 Å². The first-order valence-electron chi connectivity index (χ1n) is 6.00. The number of hydrogen-bond acceptors (Lipinski definition) is 4. The van der Waals surface area contributed by atoms with E-state index in [4.69, 9.17) is 32.7 Å². The van der Waals surface area contributed by atoms with Gasteiger partial charge in [0.2, 0.25) is 0 Å². The lowest BCUT2D eigenvalue weighted by molar-refractivity contribution is -0.00461. The molecule has 1 aliphatic rings. The van der Waals surface area contributed by atoms with Gasteiger partial charge in [-0.1, -0.05) is 23.2 Å². The molecule has 0 aromatic heterocycles. The predicted molar refractivity (Wildman–Crippen MR) is 75.0 cm³/mol. The lowest BCUT2D eigenvalue weighted by atomic mass is 10.2. The fourth-order valence-electron chi connectivity index (χ4n) is 2.38. The van der Waals surface area contributed by atoms with Crippen molar-refractivity contribution in [2.24, 2.45) is 0 Å². The third-order valence-electron chi connectivity index (χ3n) is 3.40. The van der Waals surface area contributed by atoms with Gasteiger partial charge in [0.15, 0.2) is 0 Å². The molecule has 1 aromatic carbocycles. The lowest BCUT2D eigenvalue weighted by Gasteiger charge is -2.16. The Kier molecular flexibility index (Phi) is 4.92. The summed E-state index contributed by atoms with van der Waals surface area (Å²) in [7, 11) is 3.35. The number of rotatable bonds is 4. The Morgan fingerprint density at radius 2 is 1.79 bits per heavy atom. The van der Waals surface area contributed by atoms with Crippen LogP contribution in [0.4, 0.5) is 0 Å². The van der Waals surface area contributed by atoms with Crippen LogP contribution in [0.15, 0.2) is 12.1 Å². The summed E-state index contributed by atoms with van der Waals surface area (Å²) in [5.41, 5.74) is 0.712. The molecule has 19 heavy (non-hydrogen) atoms. The molecule has 1 N–H and O–H groups in total. The number of hydrogen-bond donors (Lipinski definition) is 1. The minimum atomic E-state index is 0.0433. The Morgan fingerprint density at radius 1 is 1.21 bits per heavy atom. The molecule has 1 saturated heterocycles. The van der Waals surface area contributed by atoms with Gasteiger partial charge < -0.3 is 14.6 Å². The molecule has 0 spiro atoms. The van der Waals surface area contributed by atoms with Gasteiger partial charge >= 0.3 is 0 Å². The van der Waals surface area contributed by atoms with Gasteiger partial charge in [0.1, 0.15) is 5.75 Å². The zero-order valence-electron chi connectivity index (χ0n) is 10.9. The normalized spacial score (nSPS) is 24.0. The second kappa shape index (κ2) is 6.29. The molecular weight excluding hydrogens is 289 g/mol. The van der Waals surface area contributed by atoms with Crippen LogP contribution in [0.3, 0.4) is 0 Å². The van der Waals surface area contributed by atoms with E-state index in [9.17, 15) is 5.11 Å². The molecule has 4 nitrogen and oxygen atoms in total. The molecular formula is C13H17Cl2NO3. The summed E-state index contributed by atoms with van der Waals surface area (Å²) in [5.74, 6) is 0.0842. The molecule has 2 unspecified atom stereocenters. The van der Waals surface area contributed by atoms with E-state index in [1.165, 1.54) is 6.07 Å². The smallest absolute Gasteiger partial charge is 0.138 e. The number of benzene rings is 1. The van der Waals surface area contributed by atoms with Crippen molar-refractivity contribution >= 4 is 23.2 Å².